The summed E-state index contributed by atoms with van der Waals surface area (Å²) in [6, 6.07) is 0. The Hall–Kier alpha value is -1.76. The molecule has 13 N–H and O–H groups in total. The summed E-state index contributed by atoms with van der Waals surface area (Å²) in [7, 11) is -16.5. The fourth-order valence-corrected chi connectivity index (χ4v) is 7.58. The van der Waals surface area contributed by atoms with Crippen molar-refractivity contribution >= 4 is 46.4 Å². The maximum atomic E-state index is 12.6. The van der Waals surface area contributed by atoms with Gasteiger partial charge in [-0.2, -0.15) is 4.31 Å². The van der Waals surface area contributed by atoms with Crippen LogP contribution in [-0.2, 0) is 41.1 Å². The summed E-state index contributed by atoms with van der Waals surface area (Å²) in [6.07, 6.45) is -10.2. The first kappa shape index (κ1) is 39.0. The minimum absolute atomic E-state index is 0.00869. The number of aliphatic hydroxyl groups is 4. The molecular formula is C21H38N7O17P3. The maximum Gasteiger partial charge on any atom is 0.483 e. The number of nitrogens with one attached hydrogen (secondary N) is 1. The molecule has 0 aliphatic carbocycles. The van der Waals surface area contributed by atoms with E-state index in [2.05, 4.69) is 29.1 Å². The van der Waals surface area contributed by atoms with Crippen molar-refractivity contribution in [3.63, 3.8) is 0 Å². The number of nitrogens with two attached hydrogens (primary N) is 2. The molecule has 2 aromatic heterocycles. The second-order valence-electron chi connectivity index (χ2n) is 10.6. The van der Waals surface area contributed by atoms with Crippen molar-refractivity contribution in [1.82, 2.24) is 19.5 Å². The van der Waals surface area contributed by atoms with Crippen LogP contribution in [0.2, 0.25) is 0 Å². The van der Waals surface area contributed by atoms with Crippen molar-refractivity contribution < 1.29 is 81.1 Å². The number of phosphoric ester groups is 3. The van der Waals surface area contributed by atoms with E-state index in [-0.39, 0.29) is 22.9 Å². The molecule has 10 atom stereocenters. The number of fused-ring (bicyclic) bond motifs is 1. The molecule has 0 bridgehead atoms. The van der Waals surface area contributed by atoms with Gasteiger partial charge in [-0.05, 0) is 19.4 Å². The fraction of sp³-hybridized carbons (Fsp3) is 0.762. The number of hydrogen-bond acceptors (Lipinski definition) is 19. The number of imidazole rings is 1. The van der Waals surface area contributed by atoms with E-state index in [1.807, 2.05) is 0 Å². The molecule has 2 fully saturated rings. The number of rotatable bonds is 18. The third-order valence-electron chi connectivity index (χ3n) is 7.09. The lowest BCUT2D eigenvalue weighted by molar-refractivity contribution is -0.125. The van der Waals surface area contributed by atoms with Crippen molar-refractivity contribution in [3.05, 3.63) is 6.33 Å². The Morgan fingerprint density at radius 3 is 2.27 bits per heavy atom. The zero-order valence-electron chi connectivity index (χ0n) is 24.9. The molecule has 2 saturated heterocycles. The van der Waals surface area contributed by atoms with Crippen molar-refractivity contribution in [1.29, 1.82) is 0 Å². The molecule has 2 unspecified atom stereocenters. The Bertz CT molecular complexity index is 1530. The minimum atomic E-state index is -5.59. The first-order valence-electron chi connectivity index (χ1n) is 14.3. The first-order valence-corrected chi connectivity index (χ1v) is 18.8. The SMILES string of the molecule is NCCCCCCNc1nc2c(N)ncnc2n1[C@@H]1O[C@H](COP(=O)(O)OP(=O)(O)O[C@@H]2O[C@H](CO)[C@@H](O)[C@H]2O)[C@@H](O)[C@H]1OP(=O)(O)O. The van der Waals surface area contributed by atoms with E-state index < -0.39 is 85.8 Å². The average Bonchev–Trinajstić information content (AvgIpc) is 3.59. The number of hydrogen-bond donors (Lipinski definition) is 11. The highest BCUT2D eigenvalue weighted by Gasteiger charge is 2.52. The van der Waals surface area contributed by atoms with Crippen molar-refractivity contribution in [2.75, 3.05) is 37.4 Å². The van der Waals surface area contributed by atoms with Gasteiger partial charge in [-0.25, -0.2) is 28.6 Å². The number of phosphoric acid groups is 3. The second kappa shape index (κ2) is 16.1. The molecule has 4 rings (SSSR count). The Morgan fingerprint density at radius 2 is 1.62 bits per heavy atom. The largest absolute Gasteiger partial charge is 0.483 e. The van der Waals surface area contributed by atoms with Crippen molar-refractivity contribution in [2.45, 2.75) is 74.8 Å². The normalized spacial score (nSPS) is 30.4. The Labute approximate surface area is 271 Å². The maximum absolute atomic E-state index is 12.6. The van der Waals surface area contributed by atoms with Gasteiger partial charge in [0, 0.05) is 6.54 Å². The van der Waals surface area contributed by atoms with Gasteiger partial charge in [0.25, 0.3) is 0 Å². The summed E-state index contributed by atoms with van der Waals surface area (Å²) in [5.74, 6) is -0.0462. The summed E-state index contributed by atoms with van der Waals surface area (Å²) in [4.78, 5) is 51.7. The molecule has 2 aromatic rings. The molecule has 24 nitrogen and oxygen atoms in total. The molecular weight excluding hydrogens is 715 g/mol. The Kier molecular flexibility index (Phi) is 13.1. The molecule has 0 aromatic carbocycles. The fourth-order valence-electron chi connectivity index (χ4n) is 4.88. The first-order chi connectivity index (χ1) is 22.5. The second-order valence-corrected chi connectivity index (χ2v) is 14.8. The Morgan fingerprint density at radius 1 is 0.917 bits per heavy atom. The number of nitrogens with zero attached hydrogens (tertiary/aromatic N) is 4. The molecule has 0 radical (unpaired) electrons. The molecule has 48 heavy (non-hydrogen) atoms. The standard InChI is InChI=1S/C21H38N7O17P3/c22-5-3-1-2-4-6-24-21-27-12-17(23)25-9-26-18(12)28(21)19-16(43-46(33,34)35)14(31)11(41-19)8-40-47(36,37)45-48(38,39)44-20-15(32)13(30)10(7-29)42-20/h9-11,13-16,19-20,29-32H,1-8,22H2,(H,24,27)(H,36,37)(H,38,39)(H2,23,25,26)(H2,33,34,35)/t10-,11-,13-,14-,15-,16-,19-,20+/m1/s1. The van der Waals surface area contributed by atoms with Gasteiger partial charge in [0.15, 0.2) is 29.5 Å². The zero-order chi connectivity index (χ0) is 35.4. The van der Waals surface area contributed by atoms with Crippen LogP contribution in [0.5, 0.6) is 0 Å². The van der Waals surface area contributed by atoms with E-state index in [9.17, 15) is 48.6 Å². The van der Waals surface area contributed by atoms with E-state index in [1.54, 1.807) is 0 Å². The van der Waals surface area contributed by atoms with E-state index in [1.165, 1.54) is 4.57 Å². The van der Waals surface area contributed by atoms with Gasteiger partial charge in [0.1, 0.15) is 43.0 Å². The molecule has 0 saturated carbocycles. The highest BCUT2D eigenvalue weighted by atomic mass is 31.3. The summed E-state index contributed by atoms with van der Waals surface area (Å²) in [6.45, 7) is -1.02. The lowest BCUT2D eigenvalue weighted by atomic mass is 10.1. The van der Waals surface area contributed by atoms with Gasteiger partial charge in [-0.15, -0.1) is 0 Å². The van der Waals surface area contributed by atoms with E-state index in [4.69, 9.17) is 35.1 Å². The summed E-state index contributed by atoms with van der Waals surface area (Å²) < 4.78 is 67.0. The third kappa shape index (κ3) is 9.72. The number of nitrogen functional groups attached to an aromatic ring is 1. The number of unbranched alkanes of at least 4 members (excludes halogenated alkanes) is 3. The average molecular weight is 753 g/mol. The lowest BCUT2D eigenvalue weighted by Crippen LogP contribution is -2.35. The van der Waals surface area contributed by atoms with Crippen LogP contribution in [0.3, 0.4) is 0 Å². The number of aliphatic hydroxyl groups excluding tert-OH is 4. The molecule has 2 aliphatic rings. The molecule has 27 heteroatoms. The smallest absolute Gasteiger partial charge is 0.394 e. The third-order valence-corrected chi connectivity index (χ3v) is 10.2. The number of aromatic nitrogens is 4. The van der Waals surface area contributed by atoms with Crippen LogP contribution in [0.1, 0.15) is 31.9 Å². The summed E-state index contributed by atoms with van der Waals surface area (Å²) in [5, 5.41) is 42.8. The van der Waals surface area contributed by atoms with Crippen molar-refractivity contribution in [3.8, 4) is 0 Å². The summed E-state index contributed by atoms with van der Waals surface area (Å²) in [5.41, 5.74) is 11.5. The van der Waals surface area contributed by atoms with Crippen LogP contribution in [0.25, 0.3) is 11.2 Å². The van der Waals surface area contributed by atoms with Gasteiger partial charge in [-0.3, -0.25) is 18.1 Å². The highest BCUT2D eigenvalue weighted by molar-refractivity contribution is 7.61. The van der Waals surface area contributed by atoms with Gasteiger partial charge in [0.2, 0.25) is 5.95 Å². The van der Waals surface area contributed by atoms with Crippen LogP contribution in [-0.4, -0.2) is 129 Å². The number of anilines is 2. The van der Waals surface area contributed by atoms with E-state index >= 15 is 0 Å². The molecule has 274 valence electrons. The Balaban J connectivity index is 1.52. The molecule has 0 spiro atoms. The van der Waals surface area contributed by atoms with Crippen molar-refractivity contribution in [2.24, 2.45) is 5.73 Å². The predicted molar refractivity (Wildman–Crippen MR) is 158 cm³/mol. The van der Waals surface area contributed by atoms with Crippen LogP contribution >= 0.6 is 23.5 Å². The van der Waals surface area contributed by atoms with Gasteiger partial charge >= 0.3 is 23.5 Å². The number of ether oxygens (including phenoxy) is 2. The monoisotopic (exact) mass is 753 g/mol. The van der Waals surface area contributed by atoms with Gasteiger partial charge < -0.3 is 66.3 Å². The summed E-state index contributed by atoms with van der Waals surface area (Å²) >= 11 is 0. The van der Waals surface area contributed by atoms with Crippen LogP contribution in [0, 0.1) is 0 Å². The topological polar surface area (TPSA) is 376 Å². The van der Waals surface area contributed by atoms with E-state index in [0.717, 1.165) is 25.6 Å². The zero-order valence-corrected chi connectivity index (χ0v) is 27.6. The van der Waals surface area contributed by atoms with Crippen LogP contribution < -0.4 is 16.8 Å². The molecule has 4 heterocycles. The van der Waals surface area contributed by atoms with E-state index in [0.29, 0.717) is 19.5 Å². The highest BCUT2D eigenvalue weighted by Crippen LogP contribution is 2.61. The quantitative estimate of drug-likeness (QED) is 0.0566. The molecule has 2 aliphatic heterocycles. The van der Waals surface area contributed by atoms with Gasteiger partial charge in [-0.1, -0.05) is 12.8 Å². The predicted octanol–water partition coefficient (Wildman–Crippen LogP) is -2.23. The van der Waals surface area contributed by atoms with Crippen LogP contribution in [0.15, 0.2) is 6.33 Å². The van der Waals surface area contributed by atoms with Gasteiger partial charge in [0.05, 0.1) is 13.2 Å². The van der Waals surface area contributed by atoms with Crippen LogP contribution in [0.4, 0.5) is 11.8 Å². The molecule has 0 amide bonds. The minimum Gasteiger partial charge on any atom is -0.394 e. The lowest BCUT2D eigenvalue weighted by Gasteiger charge is -2.23.